The molecule has 0 atom stereocenters. The summed E-state index contributed by atoms with van der Waals surface area (Å²) < 4.78 is 5.29. The van der Waals surface area contributed by atoms with Gasteiger partial charge in [0.2, 0.25) is 0 Å². The Balaban J connectivity index is 2.01. The Labute approximate surface area is 148 Å². The highest BCUT2D eigenvalue weighted by Crippen LogP contribution is 2.53. The van der Waals surface area contributed by atoms with Crippen LogP contribution in [0.1, 0.15) is 25.0 Å². The highest BCUT2D eigenvalue weighted by molar-refractivity contribution is 5.93. The molecule has 0 aliphatic heterocycles. The van der Waals surface area contributed by atoms with Crippen molar-refractivity contribution in [3.63, 3.8) is 0 Å². The average molecular weight is 330 g/mol. The summed E-state index contributed by atoms with van der Waals surface area (Å²) in [5.41, 5.74) is 21.1. The second-order valence-electron chi connectivity index (χ2n) is 7.11. The van der Waals surface area contributed by atoms with Gasteiger partial charge in [-0.2, -0.15) is 0 Å². The lowest BCUT2D eigenvalue weighted by molar-refractivity contribution is 0.415. The molecule has 1 aliphatic carbocycles. The number of hydrogen-bond donors (Lipinski definition) is 2. The predicted molar refractivity (Wildman–Crippen MR) is 105 cm³/mol. The van der Waals surface area contributed by atoms with Crippen LogP contribution < -0.4 is 16.2 Å². The standard InChI is InChI=1S/C22H22N2O/c1-22(2)18-12-14(23)6-9-16(18)17-10-11-19(24)20(21(17)22)13-4-7-15(25-3)8-5-13/h4-12H,23-24H2,1-3H3. The molecule has 3 heteroatoms. The molecule has 0 unspecified atom stereocenters. The average Bonchev–Trinajstić information content (AvgIpc) is 2.83. The third kappa shape index (κ3) is 2.19. The van der Waals surface area contributed by atoms with Crippen LogP contribution in [0.5, 0.6) is 5.75 Å². The van der Waals surface area contributed by atoms with E-state index in [2.05, 4.69) is 44.2 Å². The Hall–Kier alpha value is -2.94. The van der Waals surface area contributed by atoms with Crippen molar-refractivity contribution in [2.45, 2.75) is 19.3 Å². The lowest BCUT2D eigenvalue weighted by Gasteiger charge is -2.25. The van der Waals surface area contributed by atoms with Crippen molar-refractivity contribution in [1.82, 2.24) is 0 Å². The summed E-state index contributed by atoms with van der Waals surface area (Å²) >= 11 is 0. The predicted octanol–water partition coefficient (Wildman–Crippen LogP) is 4.83. The summed E-state index contributed by atoms with van der Waals surface area (Å²) in [6, 6.07) is 18.4. The van der Waals surface area contributed by atoms with Gasteiger partial charge in [-0.1, -0.05) is 38.1 Å². The van der Waals surface area contributed by atoms with Crippen LogP contribution in [-0.4, -0.2) is 7.11 Å². The number of fused-ring (bicyclic) bond motifs is 3. The lowest BCUT2D eigenvalue weighted by atomic mass is 9.78. The second-order valence-corrected chi connectivity index (χ2v) is 7.11. The van der Waals surface area contributed by atoms with E-state index in [9.17, 15) is 0 Å². The van der Waals surface area contributed by atoms with Gasteiger partial charge in [0.1, 0.15) is 5.75 Å². The molecule has 25 heavy (non-hydrogen) atoms. The van der Waals surface area contributed by atoms with Crippen LogP contribution in [-0.2, 0) is 5.41 Å². The Morgan fingerprint density at radius 3 is 2.20 bits per heavy atom. The van der Waals surface area contributed by atoms with E-state index in [-0.39, 0.29) is 5.41 Å². The molecule has 126 valence electrons. The van der Waals surface area contributed by atoms with Crippen molar-refractivity contribution in [2.24, 2.45) is 0 Å². The van der Waals surface area contributed by atoms with E-state index >= 15 is 0 Å². The molecule has 1 aliphatic rings. The summed E-state index contributed by atoms with van der Waals surface area (Å²) in [6.07, 6.45) is 0. The van der Waals surface area contributed by atoms with E-state index in [1.54, 1.807) is 7.11 Å². The highest BCUT2D eigenvalue weighted by atomic mass is 16.5. The van der Waals surface area contributed by atoms with E-state index in [0.717, 1.165) is 28.3 Å². The van der Waals surface area contributed by atoms with Gasteiger partial charge in [-0.3, -0.25) is 0 Å². The van der Waals surface area contributed by atoms with Crippen LogP contribution in [0.4, 0.5) is 11.4 Å². The number of methoxy groups -OCH3 is 1. The van der Waals surface area contributed by atoms with Gasteiger partial charge >= 0.3 is 0 Å². The van der Waals surface area contributed by atoms with Crippen LogP contribution in [0.25, 0.3) is 22.3 Å². The van der Waals surface area contributed by atoms with Gasteiger partial charge < -0.3 is 16.2 Å². The van der Waals surface area contributed by atoms with Crippen LogP contribution in [0.15, 0.2) is 54.6 Å². The van der Waals surface area contributed by atoms with Gasteiger partial charge in [-0.25, -0.2) is 0 Å². The highest BCUT2D eigenvalue weighted by Gasteiger charge is 2.38. The third-order valence-electron chi connectivity index (χ3n) is 5.25. The number of ether oxygens (including phenoxy) is 1. The first-order valence-electron chi connectivity index (χ1n) is 8.41. The Morgan fingerprint density at radius 2 is 1.52 bits per heavy atom. The Bertz CT molecular complexity index is 972. The molecule has 3 aromatic rings. The fraction of sp³-hybridized carbons (Fsp3) is 0.182. The van der Waals surface area contributed by atoms with Crippen molar-refractivity contribution < 1.29 is 4.74 Å². The van der Waals surface area contributed by atoms with Crippen molar-refractivity contribution in [3.05, 3.63) is 65.7 Å². The minimum Gasteiger partial charge on any atom is -0.497 e. The molecule has 0 amide bonds. The van der Waals surface area contributed by atoms with Crippen LogP contribution in [0, 0.1) is 0 Å². The van der Waals surface area contributed by atoms with Gasteiger partial charge in [-0.15, -0.1) is 0 Å². The summed E-state index contributed by atoms with van der Waals surface area (Å²) in [5.74, 6) is 0.838. The van der Waals surface area contributed by atoms with Crippen LogP contribution in [0.3, 0.4) is 0 Å². The molecule has 0 bridgehead atoms. The SMILES string of the molecule is COc1ccc(-c2c(N)ccc3c2C(C)(C)c2cc(N)ccc2-3)cc1. The molecule has 0 aromatic heterocycles. The molecule has 0 radical (unpaired) electrons. The van der Waals surface area contributed by atoms with E-state index < -0.39 is 0 Å². The van der Waals surface area contributed by atoms with Crippen molar-refractivity contribution in [3.8, 4) is 28.0 Å². The molecular weight excluding hydrogens is 308 g/mol. The summed E-state index contributed by atoms with van der Waals surface area (Å²) in [7, 11) is 1.67. The summed E-state index contributed by atoms with van der Waals surface area (Å²) in [5, 5.41) is 0. The molecule has 0 fully saturated rings. The lowest BCUT2D eigenvalue weighted by Crippen LogP contribution is -2.17. The quantitative estimate of drug-likeness (QED) is 0.661. The maximum Gasteiger partial charge on any atom is 0.118 e. The van der Waals surface area contributed by atoms with Gasteiger partial charge in [0.15, 0.2) is 0 Å². The Morgan fingerprint density at radius 1 is 0.840 bits per heavy atom. The fourth-order valence-corrected chi connectivity index (χ4v) is 4.01. The number of benzene rings is 3. The normalized spacial score (nSPS) is 14.0. The molecule has 4 rings (SSSR count). The maximum absolute atomic E-state index is 6.43. The minimum absolute atomic E-state index is 0.162. The van der Waals surface area contributed by atoms with E-state index in [1.807, 2.05) is 24.3 Å². The smallest absolute Gasteiger partial charge is 0.118 e. The van der Waals surface area contributed by atoms with E-state index in [0.29, 0.717) is 0 Å². The van der Waals surface area contributed by atoms with E-state index in [4.69, 9.17) is 16.2 Å². The van der Waals surface area contributed by atoms with Crippen LogP contribution in [0.2, 0.25) is 0 Å². The summed E-state index contributed by atoms with van der Waals surface area (Å²) in [4.78, 5) is 0. The molecule has 0 saturated carbocycles. The van der Waals surface area contributed by atoms with Crippen molar-refractivity contribution in [1.29, 1.82) is 0 Å². The van der Waals surface area contributed by atoms with Gasteiger partial charge in [0.05, 0.1) is 7.11 Å². The zero-order chi connectivity index (χ0) is 17.8. The first kappa shape index (κ1) is 15.6. The van der Waals surface area contributed by atoms with Crippen molar-refractivity contribution >= 4 is 11.4 Å². The Kier molecular flexibility index (Phi) is 3.29. The zero-order valence-corrected chi connectivity index (χ0v) is 14.8. The monoisotopic (exact) mass is 330 g/mol. The molecule has 0 saturated heterocycles. The molecule has 3 aromatic carbocycles. The molecular formula is C22H22N2O. The number of rotatable bonds is 2. The number of hydrogen-bond acceptors (Lipinski definition) is 3. The second kappa shape index (κ2) is 5.28. The van der Waals surface area contributed by atoms with Crippen LogP contribution >= 0.6 is 0 Å². The number of nitrogen functional groups attached to an aromatic ring is 2. The molecule has 0 spiro atoms. The van der Waals surface area contributed by atoms with Gasteiger partial charge in [-0.05, 0) is 58.1 Å². The molecule has 0 heterocycles. The van der Waals surface area contributed by atoms with E-state index in [1.165, 1.54) is 22.3 Å². The third-order valence-corrected chi connectivity index (χ3v) is 5.25. The topological polar surface area (TPSA) is 61.3 Å². The van der Waals surface area contributed by atoms with Crippen molar-refractivity contribution in [2.75, 3.05) is 18.6 Å². The van der Waals surface area contributed by atoms with Gasteiger partial charge in [0, 0.05) is 22.4 Å². The molecule has 4 N–H and O–H groups in total. The van der Waals surface area contributed by atoms with Gasteiger partial charge in [0.25, 0.3) is 0 Å². The summed E-state index contributed by atoms with van der Waals surface area (Å²) in [6.45, 7) is 4.48. The first-order valence-corrected chi connectivity index (χ1v) is 8.41. The maximum atomic E-state index is 6.43. The first-order chi connectivity index (χ1) is 11.9. The minimum atomic E-state index is -0.162. The molecule has 3 nitrogen and oxygen atoms in total. The largest absolute Gasteiger partial charge is 0.497 e. The number of nitrogens with two attached hydrogens (primary N) is 2. The zero-order valence-electron chi connectivity index (χ0n) is 14.8. The fourth-order valence-electron chi connectivity index (χ4n) is 4.01. The number of anilines is 2.